The number of carbonyl (C=O) groups excluding carboxylic acids is 2. The molecule has 2 aromatic carbocycles. The quantitative estimate of drug-likeness (QED) is 0.408. The van der Waals surface area contributed by atoms with Gasteiger partial charge in [0.1, 0.15) is 4.71 Å². The largest absolute Gasteiger partial charge is 0.374 e. The van der Waals surface area contributed by atoms with Gasteiger partial charge in [-0.2, -0.15) is 0 Å². The van der Waals surface area contributed by atoms with Crippen molar-refractivity contribution < 1.29 is 14.3 Å². The van der Waals surface area contributed by atoms with E-state index in [1.807, 2.05) is 47.9 Å². The highest BCUT2D eigenvalue weighted by Gasteiger charge is 2.23. The molecule has 0 bridgehead atoms. The summed E-state index contributed by atoms with van der Waals surface area (Å²) in [7, 11) is 0. The highest BCUT2D eigenvalue weighted by molar-refractivity contribution is 8.18. The fraction of sp³-hybridized carbons (Fsp3) is 0.360. The van der Waals surface area contributed by atoms with Crippen LogP contribution in [0.2, 0.25) is 10.0 Å². The highest BCUT2D eigenvalue weighted by atomic mass is 35.5. The minimum absolute atomic E-state index is 0.0197. The van der Waals surface area contributed by atoms with Gasteiger partial charge in [0, 0.05) is 50.1 Å². The maximum atomic E-state index is 12.5. The number of anilines is 1. The summed E-state index contributed by atoms with van der Waals surface area (Å²) < 4.78 is 5.90. The van der Waals surface area contributed by atoms with E-state index < -0.39 is 0 Å². The van der Waals surface area contributed by atoms with Crippen LogP contribution in [0.1, 0.15) is 18.1 Å². The van der Waals surface area contributed by atoms with E-state index in [9.17, 15) is 9.59 Å². The average molecular weight is 568 g/mol. The SMILES string of the molecule is CC(=O)Nc1cccc(C2=CSC(SCC(=O)NC[C@H]3CN(Cc4ccc(Cl)c(Cl)c4)CCO3)N2)c1. The minimum atomic E-state index is -0.105. The van der Waals surface area contributed by atoms with Gasteiger partial charge in [0.2, 0.25) is 11.8 Å². The van der Waals surface area contributed by atoms with E-state index in [4.69, 9.17) is 27.9 Å². The number of rotatable bonds is 9. The van der Waals surface area contributed by atoms with Gasteiger partial charge in [-0.3, -0.25) is 14.5 Å². The van der Waals surface area contributed by atoms with Crippen molar-refractivity contribution in [1.82, 2.24) is 15.5 Å². The number of amides is 2. The molecule has 1 fully saturated rings. The molecule has 0 aromatic heterocycles. The fourth-order valence-corrected chi connectivity index (χ4v) is 6.18. The second-order valence-electron chi connectivity index (χ2n) is 8.50. The Labute approximate surface area is 229 Å². The van der Waals surface area contributed by atoms with E-state index in [0.717, 1.165) is 42.1 Å². The summed E-state index contributed by atoms with van der Waals surface area (Å²) in [6.07, 6.45) is -0.0568. The van der Waals surface area contributed by atoms with Gasteiger partial charge in [0.15, 0.2) is 0 Å². The molecule has 0 aliphatic carbocycles. The third-order valence-electron chi connectivity index (χ3n) is 5.58. The van der Waals surface area contributed by atoms with Crippen molar-refractivity contribution in [2.75, 3.05) is 37.3 Å². The Kier molecular flexibility index (Phi) is 9.87. The van der Waals surface area contributed by atoms with Gasteiger partial charge >= 0.3 is 0 Å². The Balaban J connectivity index is 1.16. The molecule has 11 heteroatoms. The molecule has 4 rings (SSSR count). The molecule has 3 N–H and O–H groups in total. The van der Waals surface area contributed by atoms with Crippen LogP contribution in [0.4, 0.5) is 5.69 Å². The number of halogens is 2. The second kappa shape index (κ2) is 13.1. The number of hydrogen-bond donors (Lipinski definition) is 3. The molecule has 2 aliphatic rings. The lowest BCUT2D eigenvalue weighted by atomic mass is 10.1. The Morgan fingerprint density at radius 3 is 2.89 bits per heavy atom. The summed E-state index contributed by atoms with van der Waals surface area (Å²) in [6.45, 7) is 4.90. The number of ether oxygens (including phenoxy) is 1. The summed E-state index contributed by atoms with van der Waals surface area (Å²) in [6, 6.07) is 13.4. The lowest BCUT2D eigenvalue weighted by Crippen LogP contribution is -2.47. The van der Waals surface area contributed by atoms with Crippen LogP contribution < -0.4 is 16.0 Å². The second-order valence-corrected chi connectivity index (χ2v) is 11.7. The molecule has 2 aliphatic heterocycles. The van der Waals surface area contributed by atoms with Gasteiger partial charge in [-0.1, -0.05) is 53.2 Å². The highest BCUT2D eigenvalue weighted by Crippen LogP contribution is 2.34. The van der Waals surface area contributed by atoms with Gasteiger partial charge in [0.25, 0.3) is 0 Å². The van der Waals surface area contributed by atoms with Crippen molar-refractivity contribution in [3.8, 4) is 0 Å². The molecule has 2 heterocycles. The molecular formula is C25H28Cl2N4O3S2. The van der Waals surface area contributed by atoms with Crippen molar-refractivity contribution in [3.63, 3.8) is 0 Å². The van der Waals surface area contributed by atoms with Crippen LogP contribution >= 0.6 is 46.7 Å². The first-order valence-electron chi connectivity index (χ1n) is 11.5. The van der Waals surface area contributed by atoms with Crippen LogP contribution in [0.25, 0.3) is 5.70 Å². The zero-order valence-corrected chi connectivity index (χ0v) is 22.9. The van der Waals surface area contributed by atoms with E-state index in [2.05, 4.69) is 20.9 Å². The van der Waals surface area contributed by atoms with E-state index >= 15 is 0 Å². The van der Waals surface area contributed by atoms with Crippen molar-refractivity contribution in [1.29, 1.82) is 0 Å². The van der Waals surface area contributed by atoms with E-state index in [1.165, 1.54) is 6.92 Å². The van der Waals surface area contributed by atoms with Gasteiger partial charge < -0.3 is 20.7 Å². The van der Waals surface area contributed by atoms with Crippen LogP contribution in [0, 0.1) is 0 Å². The fourth-order valence-electron chi connectivity index (χ4n) is 3.90. The summed E-state index contributed by atoms with van der Waals surface area (Å²) in [4.78, 5) is 26.1. The standard InChI is InChI=1S/C25H28Cl2N4O3S2/c1-16(32)29-19-4-2-3-18(10-19)23-14-35-25(30-23)36-15-24(33)28-11-20-13-31(7-8-34-20)12-17-5-6-21(26)22(27)9-17/h2-6,9-10,14,20,25,30H,7-8,11-13,15H2,1H3,(H,28,33)(H,29,32)/t20-,25?/m0/s1. The number of carbonyl (C=O) groups is 2. The predicted molar refractivity (Wildman–Crippen MR) is 150 cm³/mol. The van der Waals surface area contributed by atoms with Crippen LogP contribution in [-0.4, -0.2) is 59.5 Å². The predicted octanol–water partition coefficient (Wildman–Crippen LogP) is 4.62. The number of morpholine rings is 1. The minimum Gasteiger partial charge on any atom is -0.374 e. The van der Waals surface area contributed by atoms with E-state index in [1.54, 1.807) is 23.5 Å². The maximum absolute atomic E-state index is 12.5. The first kappa shape index (κ1) is 27.2. The molecule has 1 saturated heterocycles. The monoisotopic (exact) mass is 566 g/mol. The third-order valence-corrected chi connectivity index (χ3v) is 8.65. The molecular weight excluding hydrogens is 539 g/mol. The lowest BCUT2D eigenvalue weighted by molar-refractivity contribution is -0.119. The molecule has 0 saturated carbocycles. The number of benzene rings is 2. The Morgan fingerprint density at radius 1 is 1.22 bits per heavy atom. The Hall–Kier alpha value is -1.88. The van der Waals surface area contributed by atoms with E-state index in [0.29, 0.717) is 28.9 Å². The molecule has 7 nitrogen and oxygen atoms in total. The molecule has 2 amide bonds. The van der Waals surface area contributed by atoms with Crippen molar-refractivity contribution in [3.05, 3.63) is 69.0 Å². The first-order valence-corrected chi connectivity index (χ1v) is 14.3. The normalized spacial score (nSPS) is 19.9. The van der Waals surface area contributed by atoms with Crippen LogP contribution in [0.5, 0.6) is 0 Å². The van der Waals surface area contributed by atoms with Crippen molar-refractivity contribution in [2.24, 2.45) is 0 Å². The van der Waals surface area contributed by atoms with Gasteiger partial charge in [-0.25, -0.2) is 0 Å². The molecule has 0 radical (unpaired) electrons. The Morgan fingerprint density at radius 2 is 2.08 bits per heavy atom. The molecule has 1 unspecified atom stereocenters. The van der Waals surface area contributed by atoms with Crippen molar-refractivity contribution in [2.45, 2.75) is 24.3 Å². The van der Waals surface area contributed by atoms with Gasteiger partial charge in [-0.15, -0.1) is 11.8 Å². The van der Waals surface area contributed by atoms with Crippen LogP contribution in [-0.2, 0) is 20.9 Å². The third kappa shape index (κ3) is 8.06. The lowest BCUT2D eigenvalue weighted by Gasteiger charge is -2.33. The van der Waals surface area contributed by atoms with Crippen LogP contribution in [0.3, 0.4) is 0 Å². The smallest absolute Gasteiger partial charge is 0.230 e. The Bertz CT molecular complexity index is 1130. The zero-order valence-electron chi connectivity index (χ0n) is 19.8. The molecule has 2 atom stereocenters. The summed E-state index contributed by atoms with van der Waals surface area (Å²) in [5.74, 6) is 0.220. The molecule has 0 spiro atoms. The number of nitrogens with zero attached hydrogens (tertiary/aromatic N) is 1. The molecule has 2 aromatic rings. The van der Waals surface area contributed by atoms with Crippen molar-refractivity contribution >= 4 is 69.9 Å². The van der Waals surface area contributed by atoms with E-state index in [-0.39, 0.29) is 22.6 Å². The summed E-state index contributed by atoms with van der Waals surface area (Å²) in [5, 5.41) is 12.4. The number of thioether (sulfide) groups is 2. The molecule has 192 valence electrons. The van der Waals surface area contributed by atoms with Gasteiger partial charge in [0.05, 0.1) is 28.5 Å². The average Bonchev–Trinajstić information content (AvgIpc) is 3.33. The summed E-state index contributed by atoms with van der Waals surface area (Å²) in [5.41, 5.74) is 3.81. The van der Waals surface area contributed by atoms with Gasteiger partial charge in [-0.05, 0) is 35.2 Å². The maximum Gasteiger partial charge on any atom is 0.230 e. The van der Waals surface area contributed by atoms with Crippen LogP contribution in [0.15, 0.2) is 47.9 Å². The molecule has 36 heavy (non-hydrogen) atoms. The number of nitrogens with one attached hydrogen (secondary N) is 3. The topological polar surface area (TPSA) is 82.7 Å². The first-order chi connectivity index (χ1) is 17.4. The number of hydrogen-bond acceptors (Lipinski definition) is 7. The zero-order chi connectivity index (χ0) is 25.5. The summed E-state index contributed by atoms with van der Waals surface area (Å²) >= 11 is 15.3.